The summed E-state index contributed by atoms with van der Waals surface area (Å²) in [5.41, 5.74) is 3.28. The van der Waals surface area contributed by atoms with Gasteiger partial charge in [0.1, 0.15) is 0 Å². The van der Waals surface area contributed by atoms with E-state index in [9.17, 15) is 0 Å². The van der Waals surface area contributed by atoms with Crippen molar-refractivity contribution in [2.75, 3.05) is 0 Å². The van der Waals surface area contributed by atoms with E-state index in [1.54, 1.807) is 38.6 Å². The number of halogens is 2. The van der Waals surface area contributed by atoms with Crippen LogP contribution in [-0.2, 0) is 24.2 Å². The summed E-state index contributed by atoms with van der Waals surface area (Å²) < 4.78 is 1.80. The standard InChI is InChI=1S/2C16H17.C6H10.2ClH.Zr/c2*1-2-4-14-12(3-1)7-8-15(14)16-10-11-5-6-13(16)9-11;1-2-4-6-5-3-1;;;/h2*1-4,7-8,11,13,16H,5-6,9-10H2;1-5H2;2*1H;/q2*-1;;;;+2/p-2. The van der Waals surface area contributed by atoms with Crippen molar-refractivity contribution >= 4 is 24.8 Å². The molecule has 5 aliphatic carbocycles. The molecule has 3 heteroatoms. The van der Waals surface area contributed by atoms with Gasteiger partial charge in [0.25, 0.3) is 0 Å². The average molecular weight is 663 g/mol. The van der Waals surface area contributed by atoms with E-state index < -0.39 is 0 Å². The number of fused-ring (bicyclic) bond motifs is 6. The van der Waals surface area contributed by atoms with Gasteiger partial charge in [-0.25, -0.2) is 0 Å². The van der Waals surface area contributed by atoms with E-state index in [4.69, 9.17) is 0 Å². The molecule has 0 N–H and O–H groups in total. The van der Waals surface area contributed by atoms with Crippen LogP contribution in [0.5, 0.6) is 0 Å². The molecule has 4 aromatic rings. The van der Waals surface area contributed by atoms with Crippen molar-refractivity contribution in [3.05, 3.63) is 83.9 Å². The van der Waals surface area contributed by atoms with Crippen molar-refractivity contribution in [3.8, 4) is 0 Å². The summed E-state index contributed by atoms with van der Waals surface area (Å²) in [4.78, 5) is 0. The van der Waals surface area contributed by atoms with Crippen LogP contribution in [0.4, 0.5) is 0 Å². The van der Waals surface area contributed by atoms with Gasteiger partial charge in [0, 0.05) is 0 Å². The molecule has 5 saturated carbocycles. The van der Waals surface area contributed by atoms with E-state index in [1.165, 1.54) is 105 Å². The van der Waals surface area contributed by atoms with Crippen LogP contribution in [0.25, 0.3) is 21.5 Å². The Morgan fingerprint density at radius 1 is 0.561 bits per heavy atom. The van der Waals surface area contributed by atoms with Crippen molar-refractivity contribution in [1.29, 1.82) is 0 Å². The maximum absolute atomic E-state index is 2.38. The van der Waals surface area contributed by atoms with Crippen molar-refractivity contribution < 1.29 is 49.0 Å². The second kappa shape index (κ2) is 14.2. The fourth-order valence-electron chi connectivity index (χ4n) is 9.23. The molecule has 0 aliphatic heterocycles. The van der Waals surface area contributed by atoms with Gasteiger partial charge in [-0.1, -0.05) is 62.5 Å². The summed E-state index contributed by atoms with van der Waals surface area (Å²) in [6, 6.07) is 27.1. The van der Waals surface area contributed by atoms with Crippen molar-refractivity contribution in [1.82, 2.24) is 0 Å². The summed E-state index contributed by atoms with van der Waals surface area (Å²) in [5, 5.41) is 5.89. The van der Waals surface area contributed by atoms with Gasteiger partial charge >= 0.3 is 59.5 Å². The molecule has 0 nitrogen and oxygen atoms in total. The molecule has 9 rings (SSSR count). The first-order valence-electron chi connectivity index (χ1n) is 16.1. The third-order valence-electron chi connectivity index (χ3n) is 11.2. The largest absolute Gasteiger partial charge is 0.150 e. The minimum absolute atomic E-state index is 0. The quantitative estimate of drug-likeness (QED) is 0.276. The molecule has 0 amide bonds. The van der Waals surface area contributed by atoms with E-state index in [-0.39, 0.29) is 24.8 Å². The van der Waals surface area contributed by atoms with Crippen LogP contribution in [0.1, 0.15) is 106 Å². The van der Waals surface area contributed by atoms with E-state index >= 15 is 0 Å². The molecule has 0 aromatic heterocycles. The molecule has 4 bridgehead atoms. The predicted octanol–water partition coefficient (Wildman–Crippen LogP) is 4.60. The zero-order valence-corrected chi connectivity index (χ0v) is 28.3. The van der Waals surface area contributed by atoms with E-state index in [0.717, 1.165) is 35.5 Å². The molecule has 4 aromatic carbocycles. The summed E-state index contributed by atoms with van der Waals surface area (Å²) in [6.07, 6.45) is 19.2. The zero-order valence-electron chi connectivity index (χ0n) is 24.3. The summed E-state index contributed by atoms with van der Waals surface area (Å²) in [7, 11) is 0. The second-order valence-corrected chi connectivity index (χ2v) is 15.2. The monoisotopic (exact) mass is 660 g/mol. The molecule has 0 radical (unpaired) electrons. The van der Waals surface area contributed by atoms with Crippen LogP contribution in [0, 0.1) is 23.7 Å². The Labute approximate surface area is 274 Å². The van der Waals surface area contributed by atoms with Crippen molar-refractivity contribution in [2.24, 2.45) is 23.7 Å². The Kier molecular flexibility index (Phi) is 10.9. The number of benzene rings is 2. The van der Waals surface area contributed by atoms with Gasteiger partial charge in [0.2, 0.25) is 0 Å². The third-order valence-corrected chi connectivity index (χ3v) is 12.4. The summed E-state index contributed by atoms with van der Waals surface area (Å²) in [6.45, 7) is 0. The Balaban J connectivity index is 0.000000129. The molecule has 5 aliphatic rings. The van der Waals surface area contributed by atoms with Gasteiger partial charge in [0.05, 0.1) is 0 Å². The van der Waals surface area contributed by atoms with Gasteiger partial charge < -0.3 is 24.8 Å². The van der Waals surface area contributed by atoms with Crippen LogP contribution in [0.15, 0.2) is 72.8 Å². The van der Waals surface area contributed by atoms with Gasteiger partial charge in [0.15, 0.2) is 0 Å². The molecule has 0 spiro atoms. The first kappa shape index (κ1) is 31.4. The zero-order chi connectivity index (χ0) is 26.2. The molecule has 0 heterocycles. The first-order valence-corrected chi connectivity index (χ1v) is 17.3. The van der Waals surface area contributed by atoms with E-state index in [0.29, 0.717) is 0 Å². The number of hydrogen-bond donors (Lipinski definition) is 0. The van der Waals surface area contributed by atoms with Crippen LogP contribution in [0.2, 0.25) is 0 Å². The summed E-state index contributed by atoms with van der Waals surface area (Å²) >= 11 is 1.69. The molecular formula is C38H44Cl2Zr-2. The van der Waals surface area contributed by atoms with Crippen LogP contribution >= 0.6 is 0 Å². The van der Waals surface area contributed by atoms with Gasteiger partial charge in [-0.3, -0.25) is 0 Å². The SMILES string of the molecule is [Cl-].[Cl-].[Zr+2]=[C]1CCCCC1.c1ccc2c(C3CC4CCC3C4)c[cH-]c2c1.c1ccc2c(C3CC4CCC3C4)c[cH-]c2c1. The number of rotatable bonds is 2. The maximum atomic E-state index is 2.38. The van der Waals surface area contributed by atoms with Crippen LogP contribution < -0.4 is 24.8 Å². The minimum atomic E-state index is 0. The molecule has 216 valence electrons. The molecular weight excluding hydrogens is 619 g/mol. The molecule has 6 unspecified atom stereocenters. The maximum Gasteiger partial charge on any atom is -0.0413 e. The average Bonchev–Trinajstić information content (AvgIpc) is 3.83. The Bertz CT molecular complexity index is 1320. The number of hydrogen-bond acceptors (Lipinski definition) is 0. The van der Waals surface area contributed by atoms with Gasteiger partial charge in [-0.15, -0.1) is 82.2 Å². The fourth-order valence-corrected chi connectivity index (χ4v) is 10.1. The Morgan fingerprint density at radius 2 is 1.02 bits per heavy atom. The predicted molar refractivity (Wildman–Crippen MR) is 164 cm³/mol. The van der Waals surface area contributed by atoms with E-state index in [2.05, 4.69) is 72.8 Å². The normalized spacial score (nSPS) is 29.4. The Morgan fingerprint density at radius 3 is 1.39 bits per heavy atom. The molecule has 41 heavy (non-hydrogen) atoms. The first-order chi connectivity index (χ1) is 19.2. The van der Waals surface area contributed by atoms with Gasteiger partial charge in [-0.05, 0) is 36.5 Å². The Hall–Kier alpha value is -1.01. The molecule has 5 fully saturated rings. The summed E-state index contributed by atoms with van der Waals surface area (Å²) in [5.74, 6) is 5.83. The van der Waals surface area contributed by atoms with Crippen LogP contribution in [-0.4, -0.2) is 3.21 Å². The third kappa shape index (κ3) is 6.74. The molecule has 6 atom stereocenters. The van der Waals surface area contributed by atoms with E-state index in [1.807, 2.05) is 0 Å². The van der Waals surface area contributed by atoms with Crippen molar-refractivity contribution in [2.45, 2.75) is 95.3 Å². The topological polar surface area (TPSA) is 0 Å². The fraction of sp³-hybridized carbons (Fsp3) is 0.500. The van der Waals surface area contributed by atoms with Gasteiger partial charge in [-0.2, -0.15) is 11.1 Å². The van der Waals surface area contributed by atoms with Crippen molar-refractivity contribution in [3.63, 3.8) is 0 Å². The molecule has 0 saturated heterocycles. The second-order valence-electron chi connectivity index (χ2n) is 13.5. The van der Waals surface area contributed by atoms with Crippen LogP contribution in [0.3, 0.4) is 0 Å². The minimum Gasteiger partial charge on any atom is -0.150 e. The smallest absolute Gasteiger partial charge is 0.0413 e.